The number of hydrazine groups is 1. The first-order valence-corrected chi connectivity index (χ1v) is 8.13. The molecule has 0 bridgehead atoms. The van der Waals surface area contributed by atoms with Crippen LogP contribution in [0.4, 0.5) is 0 Å². The van der Waals surface area contributed by atoms with Gasteiger partial charge < -0.3 is 0 Å². The molecule has 1 aliphatic heterocycles. The number of hydrogen-bond donors (Lipinski definition) is 2. The number of rotatable bonds is 4. The van der Waals surface area contributed by atoms with E-state index in [1.807, 2.05) is 23.5 Å². The third-order valence-corrected chi connectivity index (χ3v) is 6.06. The molecule has 4 nitrogen and oxygen atoms in total. The molecule has 2 heterocycles. The van der Waals surface area contributed by atoms with Crippen molar-refractivity contribution in [3.63, 3.8) is 0 Å². The fourth-order valence-electron chi connectivity index (χ4n) is 3.16. The Kier molecular flexibility index (Phi) is 3.75. The van der Waals surface area contributed by atoms with E-state index in [2.05, 4.69) is 36.6 Å². The van der Waals surface area contributed by atoms with Gasteiger partial charge in [-0.2, -0.15) is 16.9 Å². The average Bonchev–Trinajstić information content (AvgIpc) is 3.02. The van der Waals surface area contributed by atoms with Crippen molar-refractivity contribution in [2.75, 3.05) is 5.75 Å². The molecular formula is C15H22N4S. The van der Waals surface area contributed by atoms with Gasteiger partial charge in [0.1, 0.15) is 0 Å². The van der Waals surface area contributed by atoms with E-state index in [-0.39, 0.29) is 10.8 Å². The summed E-state index contributed by atoms with van der Waals surface area (Å²) in [4.78, 5) is 0. The second-order valence-electron chi connectivity index (χ2n) is 5.78. The SMILES string of the molecule is Cn1nc(CC(NN)C2(C)CCCS2)c2ccccc21. The number of hydrogen-bond acceptors (Lipinski definition) is 4. The van der Waals surface area contributed by atoms with Crippen LogP contribution in [0, 0.1) is 0 Å². The number of aromatic nitrogens is 2. The van der Waals surface area contributed by atoms with Crippen molar-refractivity contribution >= 4 is 22.7 Å². The highest BCUT2D eigenvalue weighted by Crippen LogP contribution is 2.41. The number of para-hydroxylation sites is 1. The highest BCUT2D eigenvalue weighted by Gasteiger charge is 2.38. The zero-order chi connectivity index (χ0) is 14.2. The highest BCUT2D eigenvalue weighted by molar-refractivity contribution is 8.00. The van der Waals surface area contributed by atoms with E-state index in [0.29, 0.717) is 0 Å². The van der Waals surface area contributed by atoms with Gasteiger partial charge >= 0.3 is 0 Å². The Labute approximate surface area is 124 Å². The summed E-state index contributed by atoms with van der Waals surface area (Å²) < 4.78 is 2.18. The lowest BCUT2D eigenvalue weighted by atomic mass is 9.92. The first-order chi connectivity index (χ1) is 9.64. The molecule has 2 aromatic rings. The topological polar surface area (TPSA) is 55.9 Å². The molecule has 20 heavy (non-hydrogen) atoms. The van der Waals surface area contributed by atoms with E-state index in [1.54, 1.807) is 0 Å². The van der Waals surface area contributed by atoms with Crippen molar-refractivity contribution in [3.8, 4) is 0 Å². The van der Waals surface area contributed by atoms with Crippen molar-refractivity contribution in [1.82, 2.24) is 15.2 Å². The monoisotopic (exact) mass is 290 g/mol. The molecule has 1 aliphatic rings. The molecule has 5 heteroatoms. The van der Waals surface area contributed by atoms with Gasteiger partial charge in [-0.25, -0.2) is 0 Å². The lowest BCUT2D eigenvalue weighted by Gasteiger charge is -2.32. The second-order valence-corrected chi connectivity index (χ2v) is 7.41. The molecule has 108 valence electrons. The van der Waals surface area contributed by atoms with Crippen LogP contribution in [0.3, 0.4) is 0 Å². The first-order valence-electron chi connectivity index (χ1n) is 7.15. The highest BCUT2D eigenvalue weighted by atomic mass is 32.2. The van der Waals surface area contributed by atoms with E-state index in [0.717, 1.165) is 12.1 Å². The summed E-state index contributed by atoms with van der Waals surface area (Å²) in [7, 11) is 2.00. The van der Waals surface area contributed by atoms with Crippen molar-refractivity contribution in [1.29, 1.82) is 0 Å². The summed E-state index contributed by atoms with van der Waals surface area (Å²) in [6.45, 7) is 2.32. The van der Waals surface area contributed by atoms with Crippen LogP contribution in [0.15, 0.2) is 24.3 Å². The molecule has 1 aromatic heterocycles. The Hall–Kier alpha value is -1.04. The summed E-state index contributed by atoms with van der Waals surface area (Å²) in [5.74, 6) is 7.07. The Morgan fingerprint density at radius 2 is 2.30 bits per heavy atom. The van der Waals surface area contributed by atoms with Gasteiger partial charge in [0.05, 0.1) is 11.2 Å². The van der Waals surface area contributed by atoms with Crippen molar-refractivity contribution in [3.05, 3.63) is 30.0 Å². The van der Waals surface area contributed by atoms with Crippen molar-refractivity contribution in [2.45, 2.75) is 37.0 Å². The number of nitrogens with zero attached hydrogens (tertiary/aromatic N) is 2. The fraction of sp³-hybridized carbons (Fsp3) is 0.533. The van der Waals surface area contributed by atoms with Gasteiger partial charge in [-0.05, 0) is 31.6 Å². The van der Waals surface area contributed by atoms with Crippen LogP contribution >= 0.6 is 11.8 Å². The minimum atomic E-state index is 0.216. The number of aryl methyl sites for hydroxylation is 1. The Morgan fingerprint density at radius 3 is 3.00 bits per heavy atom. The van der Waals surface area contributed by atoms with Gasteiger partial charge in [0.25, 0.3) is 0 Å². The van der Waals surface area contributed by atoms with Crippen molar-refractivity contribution < 1.29 is 0 Å². The first kappa shape index (κ1) is 13.9. The number of benzene rings is 1. The number of thioether (sulfide) groups is 1. The second kappa shape index (κ2) is 5.39. The Balaban J connectivity index is 1.91. The van der Waals surface area contributed by atoms with Crippen LogP contribution in [0.2, 0.25) is 0 Å². The lowest BCUT2D eigenvalue weighted by Crippen LogP contribution is -2.50. The van der Waals surface area contributed by atoms with E-state index < -0.39 is 0 Å². The van der Waals surface area contributed by atoms with Gasteiger partial charge in [0.2, 0.25) is 0 Å². The number of nitrogens with two attached hydrogens (primary N) is 1. The van der Waals surface area contributed by atoms with E-state index >= 15 is 0 Å². The molecule has 0 aliphatic carbocycles. The maximum absolute atomic E-state index is 5.84. The predicted molar refractivity (Wildman–Crippen MR) is 85.6 cm³/mol. The molecule has 1 aromatic carbocycles. The summed E-state index contributed by atoms with van der Waals surface area (Å²) in [5, 5.41) is 5.93. The zero-order valence-electron chi connectivity index (χ0n) is 12.1. The van der Waals surface area contributed by atoms with Crippen LogP contribution in [0.25, 0.3) is 10.9 Å². The number of fused-ring (bicyclic) bond motifs is 1. The standard InChI is InChI=1S/C15H22N4S/c1-15(8-5-9-20-15)14(17-16)10-12-11-6-3-4-7-13(11)19(2)18-12/h3-4,6-7,14,17H,5,8-10,16H2,1-2H3. The third-order valence-electron chi connectivity index (χ3n) is 4.42. The molecule has 0 amide bonds. The fourth-order valence-corrected chi connectivity index (χ4v) is 4.56. The number of nitrogens with one attached hydrogen (secondary N) is 1. The molecule has 1 saturated heterocycles. The molecule has 0 radical (unpaired) electrons. The molecule has 3 N–H and O–H groups in total. The van der Waals surface area contributed by atoms with Crippen LogP contribution in [0.5, 0.6) is 0 Å². The average molecular weight is 290 g/mol. The van der Waals surface area contributed by atoms with Crippen LogP contribution in [-0.4, -0.2) is 26.3 Å². The predicted octanol–water partition coefficient (Wildman–Crippen LogP) is 2.23. The van der Waals surface area contributed by atoms with Crippen LogP contribution in [-0.2, 0) is 13.5 Å². The van der Waals surface area contributed by atoms with Gasteiger partial charge in [-0.3, -0.25) is 16.0 Å². The van der Waals surface area contributed by atoms with Gasteiger partial charge in [0, 0.05) is 29.6 Å². The Morgan fingerprint density at radius 1 is 1.50 bits per heavy atom. The molecule has 0 saturated carbocycles. The van der Waals surface area contributed by atoms with Gasteiger partial charge in [-0.1, -0.05) is 18.2 Å². The summed E-state index contributed by atoms with van der Waals surface area (Å²) in [5.41, 5.74) is 5.36. The van der Waals surface area contributed by atoms with Crippen LogP contribution in [0.1, 0.15) is 25.5 Å². The Bertz CT molecular complexity index is 601. The minimum Gasteiger partial charge on any atom is -0.271 e. The molecular weight excluding hydrogens is 268 g/mol. The third kappa shape index (κ3) is 2.34. The molecule has 3 rings (SSSR count). The van der Waals surface area contributed by atoms with Crippen molar-refractivity contribution in [2.24, 2.45) is 12.9 Å². The summed E-state index contributed by atoms with van der Waals surface area (Å²) >= 11 is 2.03. The molecule has 1 fully saturated rings. The minimum absolute atomic E-state index is 0.216. The zero-order valence-corrected chi connectivity index (χ0v) is 12.9. The largest absolute Gasteiger partial charge is 0.271 e. The molecule has 2 unspecified atom stereocenters. The molecule has 2 atom stereocenters. The van der Waals surface area contributed by atoms with E-state index in [4.69, 9.17) is 10.9 Å². The normalized spacial score (nSPS) is 24.4. The van der Waals surface area contributed by atoms with Gasteiger partial charge in [-0.15, -0.1) is 0 Å². The quantitative estimate of drug-likeness (QED) is 0.670. The lowest BCUT2D eigenvalue weighted by molar-refractivity contribution is 0.402. The van der Waals surface area contributed by atoms with Crippen LogP contribution < -0.4 is 11.3 Å². The maximum atomic E-state index is 5.84. The summed E-state index contributed by atoms with van der Waals surface area (Å²) in [6.07, 6.45) is 3.38. The van der Waals surface area contributed by atoms with E-state index in [1.165, 1.54) is 29.5 Å². The molecule has 0 spiro atoms. The summed E-state index contributed by atoms with van der Waals surface area (Å²) in [6, 6.07) is 8.65. The van der Waals surface area contributed by atoms with Gasteiger partial charge in [0.15, 0.2) is 0 Å². The van der Waals surface area contributed by atoms with E-state index in [9.17, 15) is 0 Å². The maximum Gasteiger partial charge on any atom is 0.0719 e. The smallest absolute Gasteiger partial charge is 0.0719 e.